The van der Waals surface area contributed by atoms with Crippen molar-refractivity contribution >= 4 is 21.6 Å². The Labute approximate surface area is 180 Å². The molecule has 1 aromatic heterocycles. The second-order valence-corrected chi connectivity index (χ2v) is 9.14. The molecule has 2 aromatic carbocycles. The summed E-state index contributed by atoms with van der Waals surface area (Å²) in [5.41, 5.74) is 2.07. The fourth-order valence-corrected chi connectivity index (χ4v) is 4.30. The van der Waals surface area contributed by atoms with Gasteiger partial charge < -0.3 is 9.42 Å². The van der Waals surface area contributed by atoms with Gasteiger partial charge in [-0.25, -0.2) is 12.8 Å². The van der Waals surface area contributed by atoms with Crippen LogP contribution < -0.4 is 4.31 Å². The third-order valence-corrected chi connectivity index (χ3v) is 5.92. The van der Waals surface area contributed by atoms with E-state index in [0.717, 1.165) is 33.8 Å². The van der Waals surface area contributed by atoms with Gasteiger partial charge in [0.15, 0.2) is 0 Å². The predicted molar refractivity (Wildman–Crippen MR) is 114 cm³/mol. The number of benzene rings is 2. The lowest BCUT2D eigenvalue weighted by Gasteiger charge is -2.30. The van der Waals surface area contributed by atoms with E-state index in [2.05, 4.69) is 10.1 Å². The van der Waals surface area contributed by atoms with E-state index in [9.17, 15) is 17.6 Å². The number of nitrogens with zero attached hydrogens (tertiary/aromatic N) is 4. The summed E-state index contributed by atoms with van der Waals surface area (Å²) in [5, 5.41) is 3.94. The highest BCUT2D eigenvalue weighted by Gasteiger charge is 2.31. The van der Waals surface area contributed by atoms with Gasteiger partial charge >= 0.3 is 0 Å². The van der Waals surface area contributed by atoms with Gasteiger partial charge in [-0.2, -0.15) is 4.98 Å². The normalized spacial score (nSPS) is 12.4. The number of amides is 1. The molecular formula is C21H23FN4O4S. The van der Waals surface area contributed by atoms with Gasteiger partial charge in [0.1, 0.15) is 11.9 Å². The lowest BCUT2D eigenvalue weighted by Crippen LogP contribution is -2.48. The Bertz CT molecular complexity index is 1160. The molecule has 0 radical (unpaired) electrons. The Morgan fingerprint density at radius 2 is 1.74 bits per heavy atom. The molecule has 0 spiro atoms. The van der Waals surface area contributed by atoms with Crippen molar-refractivity contribution in [3.8, 4) is 11.4 Å². The van der Waals surface area contributed by atoms with Crippen molar-refractivity contribution in [1.29, 1.82) is 0 Å². The minimum absolute atomic E-state index is 0.00303. The van der Waals surface area contributed by atoms with Crippen molar-refractivity contribution in [3.63, 3.8) is 0 Å². The van der Waals surface area contributed by atoms with Gasteiger partial charge in [-0.05, 0) is 38.1 Å². The van der Waals surface area contributed by atoms with Crippen LogP contribution in [0.1, 0.15) is 18.4 Å². The maximum Gasteiger partial charge on any atom is 0.246 e. The minimum Gasteiger partial charge on any atom is -0.337 e. The summed E-state index contributed by atoms with van der Waals surface area (Å²) >= 11 is 0. The first-order valence-electron chi connectivity index (χ1n) is 9.46. The molecule has 31 heavy (non-hydrogen) atoms. The summed E-state index contributed by atoms with van der Waals surface area (Å²) in [6.07, 6.45) is 0.992. The van der Waals surface area contributed by atoms with E-state index in [0.29, 0.717) is 5.82 Å². The maximum atomic E-state index is 13.3. The molecule has 0 aliphatic carbocycles. The number of rotatable bonds is 7. The van der Waals surface area contributed by atoms with Crippen LogP contribution in [-0.4, -0.2) is 48.7 Å². The molecule has 0 bridgehead atoms. The minimum atomic E-state index is -3.80. The molecule has 0 saturated carbocycles. The summed E-state index contributed by atoms with van der Waals surface area (Å²) in [5.74, 6) is -0.377. The van der Waals surface area contributed by atoms with Crippen LogP contribution in [0, 0.1) is 12.7 Å². The summed E-state index contributed by atoms with van der Waals surface area (Å²) in [6.45, 7) is 3.44. The van der Waals surface area contributed by atoms with Crippen molar-refractivity contribution in [2.75, 3.05) is 17.6 Å². The number of carbonyl (C=O) groups excluding carboxylic acids is 1. The van der Waals surface area contributed by atoms with Gasteiger partial charge in [0.2, 0.25) is 27.6 Å². The molecule has 0 fully saturated rings. The molecule has 1 heterocycles. The Morgan fingerprint density at radius 3 is 2.32 bits per heavy atom. The van der Waals surface area contributed by atoms with E-state index in [4.69, 9.17) is 4.52 Å². The highest BCUT2D eigenvalue weighted by atomic mass is 32.2. The average molecular weight is 447 g/mol. The first-order valence-corrected chi connectivity index (χ1v) is 11.3. The van der Waals surface area contributed by atoms with Crippen molar-refractivity contribution in [2.24, 2.45) is 0 Å². The third kappa shape index (κ3) is 5.26. The molecule has 0 aliphatic heterocycles. The van der Waals surface area contributed by atoms with Crippen LogP contribution >= 0.6 is 0 Å². The van der Waals surface area contributed by atoms with E-state index < -0.39 is 27.8 Å². The maximum absolute atomic E-state index is 13.3. The monoisotopic (exact) mass is 446 g/mol. The largest absolute Gasteiger partial charge is 0.337 e. The van der Waals surface area contributed by atoms with Crippen LogP contribution in [0.25, 0.3) is 11.4 Å². The van der Waals surface area contributed by atoms with Crippen LogP contribution in [0.2, 0.25) is 0 Å². The summed E-state index contributed by atoms with van der Waals surface area (Å²) in [4.78, 5) is 18.6. The fourth-order valence-electron chi connectivity index (χ4n) is 3.13. The molecule has 1 atom stereocenters. The molecule has 164 valence electrons. The highest BCUT2D eigenvalue weighted by Crippen LogP contribution is 2.22. The summed E-state index contributed by atoms with van der Waals surface area (Å²) < 4.78 is 44.2. The number of hydrogen-bond donors (Lipinski definition) is 0. The smallest absolute Gasteiger partial charge is 0.246 e. The van der Waals surface area contributed by atoms with Crippen molar-refractivity contribution in [2.45, 2.75) is 26.4 Å². The second kappa shape index (κ2) is 8.84. The molecule has 8 nitrogen and oxygen atoms in total. The molecule has 0 aliphatic rings. The molecule has 3 aromatic rings. The van der Waals surface area contributed by atoms with Gasteiger partial charge in [0.05, 0.1) is 18.5 Å². The summed E-state index contributed by atoms with van der Waals surface area (Å²) in [6, 6.07) is 11.4. The fraction of sp³-hybridized carbons (Fsp3) is 0.286. The zero-order valence-corrected chi connectivity index (χ0v) is 18.4. The van der Waals surface area contributed by atoms with Crippen molar-refractivity contribution < 1.29 is 22.1 Å². The number of hydrogen-bond acceptors (Lipinski definition) is 6. The number of anilines is 1. The van der Waals surface area contributed by atoms with E-state index in [-0.39, 0.29) is 18.1 Å². The van der Waals surface area contributed by atoms with E-state index in [1.54, 1.807) is 0 Å². The lowest BCUT2D eigenvalue weighted by atomic mass is 10.1. The molecule has 0 N–H and O–H groups in total. The van der Waals surface area contributed by atoms with Gasteiger partial charge in [0.25, 0.3) is 0 Å². The quantitative estimate of drug-likeness (QED) is 0.554. The van der Waals surface area contributed by atoms with Crippen LogP contribution in [-0.2, 0) is 21.4 Å². The average Bonchev–Trinajstić information content (AvgIpc) is 3.17. The van der Waals surface area contributed by atoms with E-state index >= 15 is 0 Å². The molecule has 0 unspecified atom stereocenters. The number of aryl methyl sites for hydroxylation is 1. The van der Waals surface area contributed by atoms with Gasteiger partial charge in [-0.1, -0.05) is 35.0 Å². The zero-order chi connectivity index (χ0) is 22.8. The molecule has 1 amide bonds. The summed E-state index contributed by atoms with van der Waals surface area (Å²) in [7, 11) is -2.29. The topological polar surface area (TPSA) is 96.6 Å². The first kappa shape index (κ1) is 22.4. The van der Waals surface area contributed by atoms with Crippen LogP contribution in [0.15, 0.2) is 53.1 Å². The number of likely N-dealkylation sites (N-methyl/N-ethyl adjacent to an activating group) is 1. The van der Waals surface area contributed by atoms with E-state index in [1.165, 1.54) is 31.0 Å². The Morgan fingerprint density at radius 1 is 1.13 bits per heavy atom. The molecular weight excluding hydrogens is 423 g/mol. The second-order valence-electron chi connectivity index (χ2n) is 7.28. The van der Waals surface area contributed by atoms with Crippen molar-refractivity contribution in [3.05, 3.63) is 65.8 Å². The van der Waals surface area contributed by atoms with Crippen LogP contribution in [0.5, 0.6) is 0 Å². The Hall–Kier alpha value is -3.27. The number of halogens is 1. The van der Waals surface area contributed by atoms with Crippen molar-refractivity contribution in [1.82, 2.24) is 15.0 Å². The van der Waals surface area contributed by atoms with Crippen LogP contribution in [0.3, 0.4) is 0 Å². The molecule has 10 heteroatoms. The first-order chi connectivity index (χ1) is 14.6. The van der Waals surface area contributed by atoms with Crippen LogP contribution in [0.4, 0.5) is 10.1 Å². The highest BCUT2D eigenvalue weighted by molar-refractivity contribution is 7.92. The number of carbonyl (C=O) groups is 1. The van der Waals surface area contributed by atoms with Gasteiger partial charge in [0, 0.05) is 12.6 Å². The van der Waals surface area contributed by atoms with E-state index in [1.807, 2.05) is 31.2 Å². The number of sulfonamides is 1. The SMILES string of the molecule is Cc1ccc(-c2noc(CN(C)C(=O)[C@@H](C)N(c3ccc(F)cc3)S(C)(=O)=O)n2)cc1. The zero-order valence-electron chi connectivity index (χ0n) is 17.6. The predicted octanol–water partition coefficient (Wildman–Crippen LogP) is 3.00. The molecule has 0 saturated heterocycles. The number of aromatic nitrogens is 2. The van der Waals surface area contributed by atoms with Gasteiger partial charge in [-0.3, -0.25) is 9.10 Å². The Balaban J connectivity index is 1.76. The standard InChI is InChI=1S/C21H23FN4O4S/c1-14-5-7-16(8-6-14)20-23-19(30-24-20)13-25(3)21(27)15(2)26(31(4,28)29)18-11-9-17(22)10-12-18/h5-12,15H,13H2,1-4H3/t15-/m1/s1. The Kier molecular flexibility index (Phi) is 6.40. The van der Waals surface area contributed by atoms with Gasteiger partial charge in [-0.15, -0.1) is 0 Å². The lowest BCUT2D eigenvalue weighted by molar-refractivity contribution is -0.131. The molecule has 3 rings (SSSR count). The third-order valence-electron chi connectivity index (χ3n) is 4.67.